The van der Waals surface area contributed by atoms with E-state index in [1.54, 1.807) is 0 Å². The van der Waals surface area contributed by atoms with Crippen LogP contribution in [0.4, 0.5) is 0 Å². The lowest BCUT2D eigenvalue weighted by atomic mass is 10.2. The van der Waals surface area contributed by atoms with Crippen LogP contribution >= 0.6 is 11.6 Å². The van der Waals surface area contributed by atoms with Crippen LogP contribution < -0.4 is 5.73 Å². The number of carbonyl (C=O) groups is 1. The fraction of sp³-hybridized carbons (Fsp3) is 0.333. The van der Waals surface area contributed by atoms with Crippen molar-refractivity contribution in [2.24, 2.45) is 5.73 Å². The van der Waals surface area contributed by atoms with Crippen LogP contribution in [-0.2, 0) is 11.2 Å². The Labute approximate surface area is 73.6 Å². The third-order valence-electron chi connectivity index (χ3n) is 1.35. The Morgan fingerprint density at radius 3 is 3.00 bits per heavy atom. The van der Waals surface area contributed by atoms with Crippen LogP contribution in [0.25, 0.3) is 0 Å². The molecule has 0 spiro atoms. The van der Waals surface area contributed by atoms with Crippen LogP contribution in [0.1, 0.15) is 5.69 Å². The fourth-order valence-corrected chi connectivity index (χ4v) is 0.930. The van der Waals surface area contributed by atoms with Crippen molar-refractivity contribution in [3.8, 4) is 0 Å². The molecule has 0 aliphatic rings. The third-order valence-corrected chi connectivity index (χ3v) is 1.55. The second kappa shape index (κ2) is 3.55. The number of nitrogens with one attached hydrogen (secondary N) is 1. The highest BCUT2D eigenvalue weighted by molar-refractivity contribution is 6.28. The van der Waals surface area contributed by atoms with Crippen LogP contribution in [0.5, 0.6) is 0 Å². The maximum atomic E-state index is 10.3. The molecule has 1 aromatic rings. The molecular weight excluding hydrogens is 182 g/mol. The van der Waals surface area contributed by atoms with Gasteiger partial charge in [-0.15, -0.1) is 0 Å². The summed E-state index contributed by atoms with van der Waals surface area (Å²) in [7, 11) is 0. The van der Waals surface area contributed by atoms with Gasteiger partial charge in [0.1, 0.15) is 6.04 Å². The number of nitrogens with zero attached hydrogens (tertiary/aromatic N) is 1. The maximum Gasteiger partial charge on any atom is 0.320 e. The second-order valence-electron chi connectivity index (χ2n) is 2.35. The predicted octanol–water partition coefficient (Wildman–Crippen LogP) is 0.0175. The summed E-state index contributed by atoms with van der Waals surface area (Å²) in [6.45, 7) is 0. The Morgan fingerprint density at radius 2 is 2.58 bits per heavy atom. The van der Waals surface area contributed by atoms with E-state index in [1.807, 2.05) is 0 Å². The van der Waals surface area contributed by atoms with Crippen LogP contribution in [0.2, 0.25) is 5.28 Å². The highest BCUT2D eigenvalue weighted by Gasteiger charge is 2.12. The summed E-state index contributed by atoms with van der Waals surface area (Å²) in [5.41, 5.74) is 5.89. The van der Waals surface area contributed by atoms with Gasteiger partial charge < -0.3 is 15.8 Å². The van der Waals surface area contributed by atoms with E-state index in [0.717, 1.165) is 0 Å². The standard InChI is InChI=1S/C6H8ClN3O2/c7-6-9-2-3(10-6)1-4(8)5(11)12/h2,4H,1,8H2,(H,9,10)(H,11,12)/t4-/m0/s1. The highest BCUT2D eigenvalue weighted by Crippen LogP contribution is 2.04. The third kappa shape index (κ3) is 2.21. The van der Waals surface area contributed by atoms with Gasteiger partial charge in [-0.05, 0) is 11.6 Å². The van der Waals surface area contributed by atoms with Gasteiger partial charge in [-0.2, -0.15) is 0 Å². The molecule has 12 heavy (non-hydrogen) atoms. The summed E-state index contributed by atoms with van der Waals surface area (Å²) < 4.78 is 0. The van der Waals surface area contributed by atoms with Crippen molar-refractivity contribution < 1.29 is 9.90 Å². The van der Waals surface area contributed by atoms with Crippen LogP contribution in [0.15, 0.2) is 6.20 Å². The van der Waals surface area contributed by atoms with Crippen molar-refractivity contribution >= 4 is 17.6 Å². The molecule has 1 atom stereocenters. The van der Waals surface area contributed by atoms with Crippen LogP contribution in [0, 0.1) is 0 Å². The van der Waals surface area contributed by atoms with E-state index in [-0.39, 0.29) is 11.7 Å². The Bertz CT molecular complexity index is 286. The first-order valence-corrected chi connectivity index (χ1v) is 3.65. The Kier molecular flexibility index (Phi) is 2.67. The number of H-pyrrole nitrogens is 1. The summed E-state index contributed by atoms with van der Waals surface area (Å²) in [6, 6.07) is -0.915. The second-order valence-corrected chi connectivity index (χ2v) is 2.71. The molecule has 4 N–H and O–H groups in total. The molecule has 0 amide bonds. The smallest absolute Gasteiger partial charge is 0.320 e. The van der Waals surface area contributed by atoms with Crippen molar-refractivity contribution in [2.75, 3.05) is 0 Å². The largest absolute Gasteiger partial charge is 0.480 e. The van der Waals surface area contributed by atoms with Gasteiger partial charge in [0.25, 0.3) is 0 Å². The normalized spacial score (nSPS) is 12.8. The summed E-state index contributed by atoms with van der Waals surface area (Å²) in [6.07, 6.45) is 1.67. The van der Waals surface area contributed by atoms with Crippen molar-refractivity contribution in [1.29, 1.82) is 0 Å². The summed E-state index contributed by atoms with van der Waals surface area (Å²) in [4.78, 5) is 16.7. The average Bonchev–Trinajstić information content (AvgIpc) is 2.35. The molecule has 0 aliphatic heterocycles. The first-order chi connectivity index (χ1) is 5.59. The van der Waals surface area contributed by atoms with Gasteiger partial charge in [0.2, 0.25) is 0 Å². The van der Waals surface area contributed by atoms with Gasteiger partial charge in [0.15, 0.2) is 5.28 Å². The van der Waals surface area contributed by atoms with Gasteiger partial charge >= 0.3 is 5.97 Å². The first-order valence-electron chi connectivity index (χ1n) is 3.27. The van der Waals surface area contributed by atoms with Gasteiger partial charge in [-0.25, -0.2) is 4.98 Å². The first kappa shape index (κ1) is 9.02. The molecule has 5 nitrogen and oxygen atoms in total. The van der Waals surface area contributed by atoms with E-state index in [4.69, 9.17) is 22.4 Å². The maximum absolute atomic E-state index is 10.3. The number of halogens is 1. The van der Waals surface area contributed by atoms with Gasteiger partial charge in [-0.1, -0.05) is 0 Å². The number of hydrogen-bond acceptors (Lipinski definition) is 3. The summed E-state index contributed by atoms with van der Waals surface area (Å²) >= 11 is 5.47. The van der Waals surface area contributed by atoms with Gasteiger partial charge in [0.05, 0.1) is 0 Å². The number of aliphatic carboxylic acids is 1. The molecule has 0 saturated carbocycles. The molecule has 1 rings (SSSR count). The molecular formula is C6H8ClN3O2. The summed E-state index contributed by atoms with van der Waals surface area (Å²) in [5.74, 6) is -1.04. The number of aromatic nitrogens is 2. The molecule has 1 heterocycles. The van der Waals surface area contributed by atoms with E-state index >= 15 is 0 Å². The van der Waals surface area contributed by atoms with Crippen LogP contribution in [0.3, 0.4) is 0 Å². The molecule has 0 aromatic carbocycles. The minimum Gasteiger partial charge on any atom is -0.480 e. The number of hydrogen-bond donors (Lipinski definition) is 3. The molecule has 0 radical (unpaired) electrons. The van der Waals surface area contributed by atoms with E-state index in [2.05, 4.69) is 9.97 Å². The summed E-state index contributed by atoms with van der Waals surface area (Å²) in [5, 5.41) is 8.70. The van der Waals surface area contributed by atoms with Gasteiger partial charge in [-0.3, -0.25) is 4.79 Å². The van der Waals surface area contributed by atoms with Crippen molar-refractivity contribution in [2.45, 2.75) is 12.5 Å². The predicted molar refractivity (Wildman–Crippen MR) is 42.9 cm³/mol. The number of carboxylic acids is 1. The number of aromatic amines is 1. The molecule has 0 unspecified atom stereocenters. The number of carboxylic acid groups (broad SMARTS) is 1. The van der Waals surface area contributed by atoms with E-state index in [9.17, 15) is 4.79 Å². The molecule has 0 saturated heterocycles. The number of rotatable bonds is 3. The Morgan fingerprint density at radius 1 is 1.92 bits per heavy atom. The molecule has 6 heteroatoms. The number of nitrogens with two attached hydrogens (primary N) is 1. The fourth-order valence-electron chi connectivity index (χ4n) is 0.760. The zero-order valence-electron chi connectivity index (χ0n) is 6.12. The minimum atomic E-state index is -1.04. The minimum absolute atomic E-state index is 0.203. The Hall–Kier alpha value is -1.07. The van der Waals surface area contributed by atoms with E-state index in [1.165, 1.54) is 6.20 Å². The molecule has 0 aliphatic carbocycles. The lowest BCUT2D eigenvalue weighted by molar-refractivity contribution is -0.138. The number of imidazole rings is 1. The van der Waals surface area contributed by atoms with Crippen molar-refractivity contribution in [1.82, 2.24) is 9.97 Å². The quantitative estimate of drug-likeness (QED) is 0.625. The zero-order valence-corrected chi connectivity index (χ0v) is 6.88. The average molecular weight is 190 g/mol. The SMILES string of the molecule is N[C@@H](Cc1cnc(Cl)[nH]1)C(=O)O. The topological polar surface area (TPSA) is 92.0 Å². The lowest BCUT2D eigenvalue weighted by Crippen LogP contribution is -2.32. The molecule has 66 valence electrons. The molecule has 0 fully saturated rings. The molecule has 0 bridgehead atoms. The van der Waals surface area contributed by atoms with Crippen molar-refractivity contribution in [3.63, 3.8) is 0 Å². The van der Waals surface area contributed by atoms with Gasteiger partial charge in [0, 0.05) is 18.3 Å². The van der Waals surface area contributed by atoms with E-state index in [0.29, 0.717) is 5.69 Å². The van der Waals surface area contributed by atoms with E-state index < -0.39 is 12.0 Å². The zero-order chi connectivity index (χ0) is 9.14. The lowest BCUT2D eigenvalue weighted by Gasteiger charge is -2.02. The monoisotopic (exact) mass is 189 g/mol. The van der Waals surface area contributed by atoms with Crippen molar-refractivity contribution in [3.05, 3.63) is 17.2 Å². The molecule has 1 aromatic heterocycles. The van der Waals surface area contributed by atoms with Crippen LogP contribution in [-0.4, -0.2) is 27.1 Å². The highest BCUT2D eigenvalue weighted by atomic mass is 35.5. The Balaban J connectivity index is 2.58.